The number of thiophene rings is 1. The molecule has 1 atom stereocenters. The fourth-order valence-electron chi connectivity index (χ4n) is 1.21. The van der Waals surface area contributed by atoms with Gasteiger partial charge < -0.3 is 10.4 Å². The Kier molecular flexibility index (Phi) is 5.99. The van der Waals surface area contributed by atoms with Crippen LogP contribution in [0.1, 0.15) is 0 Å². The van der Waals surface area contributed by atoms with Crippen LogP contribution >= 0.6 is 11.3 Å². The Morgan fingerprint density at radius 2 is 2.20 bits per heavy atom. The van der Waals surface area contributed by atoms with E-state index in [1.54, 1.807) is 11.4 Å². The van der Waals surface area contributed by atoms with Gasteiger partial charge in [-0.1, -0.05) is 6.07 Å². The molecule has 0 saturated heterocycles. The highest BCUT2D eigenvalue weighted by molar-refractivity contribution is 7.91. The average molecular weight is 328 g/mol. The normalized spacial score (nSPS) is 13.7. The summed E-state index contributed by atoms with van der Waals surface area (Å²) >= 11 is 1.01. The first kappa shape index (κ1) is 17.0. The van der Waals surface area contributed by atoms with Crippen LogP contribution in [-0.4, -0.2) is 56.4 Å². The smallest absolute Gasteiger partial charge is 0.265 e. The molecule has 2 N–H and O–H groups in total. The Morgan fingerprint density at radius 1 is 1.55 bits per heavy atom. The average Bonchev–Trinajstić information content (AvgIpc) is 2.89. The summed E-state index contributed by atoms with van der Waals surface area (Å²) in [5, 5.41) is 12.4. The van der Waals surface area contributed by atoms with Crippen LogP contribution in [0.15, 0.2) is 21.7 Å². The zero-order valence-corrected chi connectivity index (χ0v) is 12.1. The number of likely N-dealkylation sites (N-methyl/N-ethyl adjacent to an activating group) is 1. The molecule has 10 heteroatoms. The molecule has 1 unspecified atom stereocenters. The molecule has 1 amide bonds. The molecule has 0 radical (unpaired) electrons. The fourth-order valence-corrected chi connectivity index (χ4v) is 3.54. The lowest BCUT2D eigenvalue weighted by Gasteiger charge is -2.16. The highest BCUT2D eigenvalue weighted by Gasteiger charge is 2.24. The van der Waals surface area contributed by atoms with E-state index < -0.39 is 41.5 Å². The van der Waals surface area contributed by atoms with E-state index in [0.717, 1.165) is 15.6 Å². The van der Waals surface area contributed by atoms with Gasteiger partial charge in [0.15, 0.2) is 0 Å². The molecular weight excluding hydrogens is 314 g/mol. The van der Waals surface area contributed by atoms with E-state index >= 15 is 0 Å². The maximum atomic E-state index is 12.0. The number of carbonyl (C=O) groups is 1. The third kappa shape index (κ3) is 4.47. The lowest BCUT2D eigenvalue weighted by Crippen LogP contribution is -2.42. The first-order valence-corrected chi connectivity index (χ1v) is 7.80. The molecule has 6 nitrogen and oxygen atoms in total. The Bertz CT molecular complexity index is 533. The number of hydrogen-bond donors (Lipinski definition) is 2. The second kappa shape index (κ2) is 7.07. The molecule has 1 rings (SSSR count). The summed E-state index contributed by atoms with van der Waals surface area (Å²) in [6, 6.07) is 2.96. The van der Waals surface area contributed by atoms with E-state index in [0.29, 0.717) is 0 Å². The van der Waals surface area contributed by atoms with Crippen LogP contribution in [0.4, 0.5) is 8.78 Å². The number of amides is 1. The second-order valence-electron chi connectivity index (χ2n) is 3.90. The van der Waals surface area contributed by atoms with Crippen LogP contribution in [0, 0.1) is 0 Å². The van der Waals surface area contributed by atoms with E-state index in [4.69, 9.17) is 5.11 Å². The number of hydrogen-bond acceptors (Lipinski definition) is 5. The van der Waals surface area contributed by atoms with Gasteiger partial charge >= 0.3 is 0 Å². The van der Waals surface area contributed by atoms with Gasteiger partial charge in [-0.3, -0.25) is 4.79 Å². The predicted octanol–water partition coefficient (Wildman–Crippen LogP) is 0.111. The molecule has 114 valence electrons. The number of rotatable bonds is 7. The van der Waals surface area contributed by atoms with Crippen molar-refractivity contribution in [1.82, 2.24) is 9.62 Å². The van der Waals surface area contributed by atoms with Crippen LogP contribution in [0.25, 0.3) is 0 Å². The molecule has 0 spiro atoms. The highest BCUT2D eigenvalue weighted by Crippen LogP contribution is 2.19. The summed E-state index contributed by atoms with van der Waals surface area (Å²) in [4.78, 5) is 11.4. The van der Waals surface area contributed by atoms with Crippen molar-refractivity contribution in [2.24, 2.45) is 0 Å². The van der Waals surface area contributed by atoms with E-state index in [2.05, 4.69) is 0 Å². The number of halogens is 2. The monoisotopic (exact) mass is 328 g/mol. The van der Waals surface area contributed by atoms with E-state index in [1.165, 1.54) is 13.1 Å². The van der Waals surface area contributed by atoms with Crippen molar-refractivity contribution in [3.8, 4) is 0 Å². The number of alkyl halides is 2. The SMILES string of the molecule is CN(CC(=O)NCC(O)C(F)F)S(=O)(=O)c1cccs1. The zero-order chi connectivity index (χ0) is 15.3. The number of aliphatic hydroxyl groups is 1. The Hall–Kier alpha value is -1.10. The third-order valence-electron chi connectivity index (χ3n) is 2.33. The first-order chi connectivity index (χ1) is 9.25. The van der Waals surface area contributed by atoms with Crippen molar-refractivity contribution in [3.63, 3.8) is 0 Å². The predicted molar refractivity (Wildman–Crippen MR) is 69.2 cm³/mol. The van der Waals surface area contributed by atoms with Gasteiger partial charge in [-0.15, -0.1) is 11.3 Å². The standard InChI is InChI=1S/C10H14F2N2O4S2/c1-14(20(17,18)9-3-2-4-19-9)6-8(16)13-5-7(15)10(11)12/h2-4,7,10,15H,5-6H2,1H3,(H,13,16). The maximum absolute atomic E-state index is 12.0. The van der Waals surface area contributed by atoms with Crippen LogP contribution in [0.3, 0.4) is 0 Å². The molecule has 1 heterocycles. The van der Waals surface area contributed by atoms with Gasteiger partial charge in [-0.2, -0.15) is 4.31 Å². The van der Waals surface area contributed by atoms with Crippen molar-refractivity contribution in [2.75, 3.05) is 20.1 Å². The zero-order valence-electron chi connectivity index (χ0n) is 10.5. The first-order valence-electron chi connectivity index (χ1n) is 5.48. The molecule has 0 aromatic carbocycles. The van der Waals surface area contributed by atoms with E-state index in [1.807, 2.05) is 5.32 Å². The summed E-state index contributed by atoms with van der Waals surface area (Å²) in [5.74, 6) is -0.771. The molecule has 0 bridgehead atoms. The molecule has 1 aromatic heterocycles. The van der Waals surface area contributed by atoms with Gasteiger partial charge in [-0.05, 0) is 11.4 Å². The highest BCUT2D eigenvalue weighted by atomic mass is 32.2. The summed E-state index contributed by atoms with van der Waals surface area (Å²) in [7, 11) is -2.56. The largest absolute Gasteiger partial charge is 0.385 e. The number of carbonyl (C=O) groups excluding carboxylic acids is 1. The van der Waals surface area contributed by atoms with Gasteiger partial charge in [-0.25, -0.2) is 17.2 Å². The van der Waals surface area contributed by atoms with Gasteiger partial charge in [0, 0.05) is 13.6 Å². The number of nitrogens with one attached hydrogen (secondary N) is 1. The Labute approximate surface area is 119 Å². The quantitative estimate of drug-likeness (QED) is 0.744. The van der Waals surface area contributed by atoms with Gasteiger partial charge in [0.1, 0.15) is 10.3 Å². The van der Waals surface area contributed by atoms with Gasteiger partial charge in [0.2, 0.25) is 5.91 Å². The van der Waals surface area contributed by atoms with Crippen molar-refractivity contribution >= 4 is 27.3 Å². The van der Waals surface area contributed by atoms with Crippen LogP contribution in [-0.2, 0) is 14.8 Å². The molecule has 0 fully saturated rings. The Balaban J connectivity index is 2.54. The molecule has 0 aliphatic heterocycles. The number of sulfonamides is 1. The summed E-state index contributed by atoms with van der Waals surface area (Å²) in [6.45, 7) is -1.15. The van der Waals surface area contributed by atoms with Crippen LogP contribution in [0.5, 0.6) is 0 Å². The lowest BCUT2D eigenvalue weighted by atomic mass is 10.3. The third-order valence-corrected chi connectivity index (χ3v) is 5.50. The second-order valence-corrected chi connectivity index (χ2v) is 7.12. The number of aliphatic hydroxyl groups excluding tert-OH is 1. The molecule has 0 aliphatic carbocycles. The van der Waals surface area contributed by atoms with Crippen molar-refractivity contribution < 1.29 is 27.1 Å². The van der Waals surface area contributed by atoms with E-state index in [9.17, 15) is 22.0 Å². The minimum absolute atomic E-state index is 0.0837. The summed E-state index contributed by atoms with van der Waals surface area (Å²) in [6.07, 6.45) is -4.94. The van der Waals surface area contributed by atoms with Crippen molar-refractivity contribution in [1.29, 1.82) is 0 Å². The molecule has 20 heavy (non-hydrogen) atoms. The van der Waals surface area contributed by atoms with E-state index in [-0.39, 0.29) is 4.21 Å². The van der Waals surface area contributed by atoms with Crippen LogP contribution < -0.4 is 5.32 Å². The lowest BCUT2D eigenvalue weighted by molar-refractivity contribution is -0.122. The Morgan fingerprint density at radius 3 is 2.70 bits per heavy atom. The molecule has 0 saturated carbocycles. The van der Waals surface area contributed by atoms with Crippen LogP contribution in [0.2, 0.25) is 0 Å². The fraction of sp³-hybridized carbons (Fsp3) is 0.500. The maximum Gasteiger partial charge on any atom is 0.265 e. The number of nitrogens with zero attached hydrogens (tertiary/aromatic N) is 1. The summed E-state index contributed by atoms with van der Waals surface area (Å²) < 4.78 is 48.8. The topological polar surface area (TPSA) is 86.7 Å². The minimum Gasteiger partial charge on any atom is -0.385 e. The summed E-state index contributed by atoms with van der Waals surface area (Å²) in [5.41, 5.74) is 0. The molecular formula is C10H14F2N2O4S2. The van der Waals surface area contributed by atoms with Gasteiger partial charge in [0.05, 0.1) is 6.54 Å². The van der Waals surface area contributed by atoms with Gasteiger partial charge in [0.25, 0.3) is 16.4 Å². The minimum atomic E-state index is -3.77. The van der Waals surface area contributed by atoms with Crippen molar-refractivity contribution in [3.05, 3.63) is 17.5 Å². The van der Waals surface area contributed by atoms with Crippen molar-refractivity contribution in [2.45, 2.75) is 16.7 Å². The molecule has 1 aromatic rings. The molecule has 0 aliphatic rings.